The molecule has 0 radical (unpaired) electrons. The number of amides is 2. The van der Waals surface area contributed by atoms with Crippen molar-refractivity contribution in [2.45, 2.75) is 19.5 Å². The quantitative estimate of drug-likeness (QED) is 0.429. The fourth-order valence-corrected chi connectivity index (χ4v) is 4.36. The molecule has 1 saturated heterocycles. The van der Waals surface area contributed by atoms with Crippen LogP contribution in [0.2, 0.25) is 5.02 Å². The van der Waals surface area contributed by atoms with Crippen LogP contribution in [0.4, 0.5) is 5.69 Å². The van der Waals surface area contributed by atoms with Crippen molar-refractivity contribution < 1.29 is 9.59 Å². The van der Waals surface area contributed by atoms with Crippen molar-refractivity contribution >= 4 is 40.1 Å². The lowest BCUT2D eigenvalue weighted by Gasteiger charge is -2.16. The van der Waals surface area contributed by atoms with Gasteiger partial charge in [-0.15, -0.1) is 0 Å². The van der Waals surface area contributed by atoms with Crippen LogP contribution in [0.1, 0.15) is 12.0 Å². The predicted octanol–water partition coefficient (Wildman–Crippen LogP) is 2.46. The fourth-order valence-electron chi connectivity index (χ4n) is 4.23. The van der Waals surface area contributed by atoms with E-state index in [0.717, 1.165) is 11.3 Å². The van der Waals surface area contributed by atoms with Gasteiger partial charge in [0.25, 0.3) is 5.56 Å². The van der Waals surface area contributed by atoms with E-state index in [4.69, 9.17) is 11.6 Å². The number of fused-ring (bicyclic) bond motifs is 1. The molecular formula is C25H23ClN6O3. The lowest BCUT2D eigenvalue weighted by molar-refractivity contribution is -0.126. The molecule has 5 rings (SSSR count). The highest BCUT2D eigenvalue weighted by Crippen LogP contribution is 2.24. The van der Waals surface area contributed by atoms with Crippen LogP contribution < -0.4 is 15.8 Å². The second-order valence-corrected chi connectivity index (χ2v) is 8.88. The fraction of sp³-hybridized carbons (Fsp3) is 0.240. The van der Waals surface area contributed by atoms with Crippen LogP contribution in [0, 0.1) is 5.92 Å². The maximum Gasteiger partial charge on any atom is 0.264 e. The van der Waals surface area contributed by atoms with Crippen LogP contribution in [-0.2, 0) is 22.7 Å². The lowest BCUT2D eigenvalue weighted by atomic mass is 10.1. The van der Waals surface area contributed by atoms with Gasteiger partial charge in [0.2, 0.25) is 11.8 Å². The number of hydrogen-bond donors (Lipinski definition) is 1. The average molecular weight is 491 g/mol. The Bertz CT molecular complexity index is 1430. The minimum atomic E-state index is -0.407. The first kappa shape index (κ1) is 22.8. The molecular weight excluding hydrogens is 468 g/mol. The van der Waals surface area contributed by atoms with Crippen LogP contribution >= 0.6 is 11.6 Å². The first-order chi connectivity index (χ1) is 17.0. The Balaban J connectivity index is 1.20. The Morgan fingerprint density at radius 2 is 1.86 bits per heavy atom. The Hall–Kier alpha value is -3.98. The topological polar surface area (TPSA) is 102 Å². The molecule has 0 spiro atoms. The van der Waals surface area contributed by atoms with Crippen LogP contribution in [-0.4, -0.2) is 44.2 Å². The number of hydrogen-bond acceptors (Lipinski definition) is 5. The second kappa shape index (κ2) is 9.71. The molecule has 1 atom stereocenters. The monoisotopic (exact) mass is 490 g/mol. The molecule has 1 unspecified atom stereocenters. The van der Waals surface area contributed by atoms with E-state index in [1.807, 2.05) is 42.5 Å². The number of nitrogens with one attached hydrogen (secondary N) is 1. The van der Waals surface area contributed by atoms with Gasteiger partial charge in [0.15, 0.2) is 5.65 Å². The summed E-state index contributed by atoms with van der Waals surface area (Å²) in [6.07, 6.45) is 3.18. The molecule has 0 aliphatic carbocycles. The van der Waals surface area contributed by atoms with E-state index >= 15 is 0 Å². The zero-order valence-corrected chi connectivity index (χ0v) is 19.6. The van der Waals surface area contributed by atoms with Gasteiger partial charge in [0.1, 0.15) is 11.7 Å². The zero-order chi connectivity index (χ0) is 24.4. The largest absolute Gasteiger partial charge is 0.354 e. The normalized spacial score (nSPS) is 15.6. The SMILES string of the molecule is O=C(NCCn1ncc2c(=O)n(Cc3ccc(Cl)cc3)cnc21)C1CC(=O)N(c2ccccc2)C1. The maximum atomic E-state index is 12.9. The number of rotatable bonds is 7. The number of halogens is 1. The van der Waals surface area contributed by atoms with Gasteiger partial charge in [0.05, 0.1) is 25.2 Å². The van der Waals surface area contributed by atoms with E-state index in [1.54, 1.807) is 21.7 Å². The molecule has 0 bridgehead atoms. The third kappa shape index (κ3) is 4.81. The van der Waals surface area contributed by atoms with E-state index in [-0.39, 0.29) is 23.8 Å². The summed E-state index contributed by atoms with van der Waals surface area (Å²) in [4.78, 5) is 44.0. The highest BCUT2D eigenvalue weighted by atomic mass is 35.5. The van der Waals surface area contributed by atoms with Gasteiger partial charge in [-0.2, -0.15) is 5.10 Å². The summed E-state index contributed by atoms with van der Waals surface area (Å²) in [5.41, 5.74) is 2.00. The molecule has 0 saturated carbocycles. The molecule has 1 fully saturated rings. The minimum absolute atomic E-state index is 0.0616. The first-order valence-electron chi connectivity index (χ1n) is 11.3. The smallest absolute Gasteiger partial charge is 0.264 e. The summed E-state index contributed by atoms with van der Waals surface area (Å²) in [5.74, 6) is -0.643. The number of carbonyl (C=O) groups excluding carboxylic acids is 2. The van der Waals surface area contributed by atoms with Crippen LogP contribution in [0.25, 0.3) is 11.0 Å². The number of carbonyl (C=O) groups is 2. The predicted molar refractivity (Wildman–Crippen MR) is 132 cm³/mol. The van der Waals surface area contributed by atoms with Crippen molar-refractivity contribution in [2.75, 3.05) is 18.0 Å². The van der Waals surface area contributed by atoms with Gasteiger partial charge in [-0.05, 0) is 29.8 Å². The molecule has 4 aromatic rings. The van der Waals surface area contributed by atoms with Crippen molar-refractivity contribution in [2.24, 2.45) is 5.92 Å². The Labute approximate surface area is 205 Å². The summed E-state index contributed by atoms with van der Waals surface area (Å²) in [6.45, 7) is 1.39. The number of aromatic nitrogens is 4. The first-order valence-corrected chi connectivity index (χ1v) is 11.7. The highest BCUT2D eigenvalue weighted by molar-refractivity contribution is 6.30. The van der Waals surface area contributed by atoms with Gasteiger partial charge < -0.3 is 10.2 Å². The Kier molecular flexibility index (Phi) is 6.33. The van der Waals surface area contributed by atoms with Gasteiger partial charge in [-0.25, -0.2) is 9.67 Å². The van der Waals surface area contributed by atoms with Gasteiger partial charge in [-0.3, -0.25) is 19.0 Å². The molecule has 178 valence electrons. The third-order valence-corrected chi connectivity index (χ3v) is 6.33. The summed E-state index contributed by atoms with van der Waals surface area (Å²) in [6, 6.07) is 16.6. The van der Waals surface area contributed by atoms with Crippen molar-refractivity contribution in [1.29, 1.82) is 0 Å². The third-order valence-electron chi connectivity index (χ3n) is 6.07. The average Bonchev–Trinajstić information content (AvgIpc) is 3.47. The second-order valence-electron chi connectivity index (χ2n) is 8.44. The zero-order valence-electron chi connectivity index (χ0n) is 18.8. The number of benzene rings is 2. The van der Waals surface area contributed by atoms with E-state index in [0.29, 0.717) is 42.2 Å². The molecule has 35 heavy (non-hydrogen) atoms. The number of anilines is 1. The van der Waals surface area contributed by atoms with Crippen LogP contribution in [0.5, 0.6) is 0 Å². The molecule has 10 heteroatoms. The lowest BCUT2D eigenvalue weighted by Crippen LogP contribution is -2.35. The Morgan fingerprint density at radius 3 is 2.63 bits per heavy atom. The molecule has 9 nitrogen and oxygen atoms in total. The number of para-hydroxylation sites is 1. The van der Waals surface area contributed by atoms with Gasteiger partial charge in [0, 0.05) is 30.2 Å². The van der Waals surface area contributed by atoms with Crippen molar-refractivity contribution in [3.63, 3.8) is 0 Å². The molecule has 1 aliphatic rings. The van der Waals surface area contributed by atoms with Crippen molar-refractivity contribution in [3.8, 4) is 0 Å². The molecule has 1 aliphatic heterocycles. The van der Waals surface area contributed by atoms with Crippen LogP contribution in [0.15, 0.2) is 71.9 Å². The van der Waals surface area contributed by atoms with E-state index < -0.39 is 5.92 Å². The van der Waals surface area contributed by atoms with E-state index in [2.05, 4.69) is 15.4 Å². The molecule has 1 N–H and O–H groups in total. The minimum Gasteiger partial charge on any atom is -0.354 e. The molecule has 3 heterocycles. The summed E-state index contributed by atoms with van der Waals surface area (Å²) < 4.78 is 3.12. The molecule has 2 aromatic heterocycles. The highest BCUT2D eigenvalue weighted by Gasteiger charge is 2.34. The van der Waals surface area contributed by atoms with Crippen molar-refractivity contribution in [3.05, 3.63) is 88.1 Å². The summed E-state index contributed by atoms with van der Waals surface area (Å²) in [5, 5.41) is 8.21. The van der Waals surface area contributed by atoms with Gasteiger partial charge >= 0.3 is 0 Å². The van der Waals surface area contributed by atoms with Crippen molar-refractivity contribution in [1.82, 2.24) is 24.6 Å². The van der Waals surface area contributed by atoms with E-state index in [9.17, 15) is 14.4 Å². The summed E-state index contributed by atoms with van der Waals surface area (Å²) in [7, 11) is 0. The maximum absolute atomic E-state index is 12.9. The number of nitrogens with zero attached hydrogens (tertiary/aromatic N) is 5. The van der Waals surface area contributed by atoms with Crippen LogP contribution in [0.3, 0.4) is 0 Å². The van der Waals surface area contributed by atoms with E-state index in [1.165, 1.54) is 17.1 Å². The Morgan fingerprint density at radius 1 is 1.09 bits per heavy atom. The standard InChI is InChI=1S/C25H23ClN6O3/c26-19-8-6-17(7-9-19)14-30-16-28-23-21(25(30)35)13-29-32(23)11-10-27-24(34)18-12-22(33)31(15-18)20-4-2-1-3-5-20/h1-9,13,16,18H,10-12,14-15H2,(H,27,34). The molecule has 2 aromatic carbocycles. The molecule has 2 amide bonds. The van der Waals surface area contributed by atoms with Gasteiger partial charge in [-0.1, -0.05) is 41.9 Å². The summed E-state index contributed by atoms with van der Waals surface area (Å²) >= 11 is 5.93.